The molecule has 0 aliphatic carbocycles. The highest BCUT2D eigenvalue weighted by Gasteiger charge is 2.31. The van der Waals surface area contributed by atoms with Crippen LogP contribution >= 0.6 is 0 Å². The van der Waals surface area contributed by atoms with E-state index < -0.39 is 0 Å². The van der Waals surface area contributed by atoms with Crippen LogP contribution < -0.4 is 14.2 Å². The second-order valence-corrected chi connectivity index (χ2v) is 8.30. The number of ether oxygens (including phenoxy) is 3. The topological polar surface area (TPSA) is 65.1 Å². The zero-order valence-corrected chi connectivity index (χ0v) is 18.5. The molecule has 34 heavy (non-hydrogen) atoms. The largest absolute Gasteiger partial charge is 0.486 e. The Balaban J connectivity index is 1.21. The number of fused-ring (bicyclic) bond motifs is 1. The summed E-state index contributed by atoms with van der Waals surface area (Å²) in [6.07, 6.45) is 1.80. The van der Waals surface area contributed by atoms with E-state index in [9.17, 15) is 14.0 Å². The van der Waals surface area contributed by atoms with Gasteiger partial charge in [0, 0.05) is 17.7 Å². The third-order valence-electron chi connectivity index (χ3n) is 6.11. The van der Waals surface area contributed by atoms with Gasteiger partial charge < -0.3 is 19.1 Å². The number of nitrogens with zero attached hydrogens (tertiary/aromatic N) is 1. The standard InChI is InChI=1S/C27H24FNO5/c28-21-8-3-18(4-9-21)27(31)19-5-10-22(11-6-19)34-17-26(30)29-13-1-2-23(29)20-7-12-24-25(16-20)33-15-14-32-24/h3-12,16,23H,1-2,13-15,17H2. The molecule has 1 amide bonds. The quantitative estimate of drug-likeness (QED) is 0.503. The van der Waals surface area contributed by atoms with E-state index in [2.05, 4.69) is 0 Å². The second-order valence-electron chi connectivity index (χ2n) is 8.30. The summed E-state index contributed by atoms with van der Waals surface area (Å²) in [5.41, 5.74) is 1.90. The molecule has 2 heterocycles. The Morgan fingerprint density at radius 2 is 1.59 bits per heavy atom. The fourth-order valence-electron chi connectivity index (χ4n) is 4.38. The molecule has 1 saturated heterocycles. The monoisotopic (exact) mass is 461 g/mol. The van der Waals surface area contributed by atoms with Crippen molar-refractivity contribution in [2.75, 3.05) is 26.4 Å². The number of likely N-dealkylation sites (tertiary alicyclic amines) is 1. The number of ketones is 1. The lowest BCUT2D eigenvalue weighted by molar-refractivity contribution is -0.134. The minimum atomic E-state index is -0.390. The fourth-order valence-corrected chi connectivity index (χ4v) is 4.38. The van der Waals surface area contributed by atoms with Crippen molar-refractivity contribution in [3.63, 3.8) is 0 Å². The second kappa shape index (κ2) is 9.55. The molecule has 1 fully saturated rings. The molecule has 7 heteroatoms. The maximum atomic E-state index is 13.1. The molecular weight excluding hydrogens is 437 g/mol. The van der Waals surface area contributed by atoms with Gasteiger partial charge in [0.2, 0.25) is 0 Å². The van der Waals surface area contributed by atoms with Gasteiger partial charge in [0.15, 0.2) is 23.9 Å². The van der Waals surface area contributed by atoms with Gasteiger partial charge >= 0.3 is 0 Å². The Hall–Kier alpha value is -3.87. The van der Waals surface area contributed by atoms with Gasteiger partial charge in [-0.3, -0.25) is 9.59 Å². The minimum Gasteiger partial charge on any atom is -0.486 e. The van der Waals surface area contributed by atoms with Gasteiger partial charge in [0.25, 0.3) is 5.91 Å². The highest BCUT2D eigenvalue weighted by atomic mass is 19.1. The van der Waals surface area contributed by atoms with Crippen LogP contribution in [0.3, 0.4) is 0 Å². The third-order valence-corrected chi connectivity index (χ3v) is 6.11. The lowest BCUT2D eigenvalue weighted by Gasteiger charge is -2.26. The molecule has 0 aromatic heterocycles. The molecule has 0 N–H and O–H groups in total. The van der Waals surface area contributed by atoms with E-state index in [1.807, 2.05) is 23.1 Å². The van der Waals surface area contributed by atoms with Crippen LogP contribution in [-0.2, 0) is 4.79 Å². The van der Waals surface area contributed by atoms with Crippen LogP contribution in [0, 0.1) is 5.82 Å². The Labute approximate surface area is 196 Å². The van der Waals surface area contributed by atoms with Crippen LogP contribution in [0.2, 0.25) is 0 Å². The maximum Gasteiger partial charge on any atom is 0.261 e. The lowest BCUT2D eigenvalue weighted by atomic mass is 10.0. The molecule has 5 rings (SSSR count). The molecule has 0 spiro atoms. The SMILES string of the molecule is O=C(c1ccc(F)cc1)c1ccc(OCC(=O)N2CCCC2c2ccc3c(c2)OCCO3)cc1. The Morgan fingerprint density at radius 1 is 0.912 bits per heavy atom. The Kier molecular flexibility index (Phi) is 6.16. The highest BCUT2D eigenvalue weighted by Crippen LogP contribution is 2.38. The first kappa shape index (κ1) is 21.9. The summed E-state index contributed by atoms with van der Waals surface area (Å²) in [5, 5.41) is 0. The molecule has 0 saturated carbocycles. The van der Waals surface area contributed by atoms with Gasteiger partial charge in [-0.15, -0.1) is 0 Å². The van der Waals surface area contributed by atoms with Crippen molar-refractivity contribution >= 4 is 11.7 Å². The van der Waals surface area contributed by atoms with E-state index in [0.29, 0.717) is 36.6 Å². The van der Waals surface area contributed by atoms with Crippen molar-refractivity contribution in [2.24, 2.45) is 0 Å². The number of carbonyl (C=O) groups is 2. The molecule has 6 nitrogen and oxygen atoms in total. The Bertz CT molecular complexity index is 1190. The minimum absolute atomic E-state index is 0.0253. The summed E-state index contributed by atoms with van der Waals surface area (Å²) in [5.74, 6) is 1.26. The number of halogens is 1. The molecule has 1 atom stereocenters. The van der Waals surface area contributed by atoms with Gasteiger partial charge in [-0.1, -0.05) is 6.07 Å². The van der Waals surface area contributed by atoms with Crippen LogP contribution in [0.25, 0.3) is 0 Å². The van der Waals surface area contributed by atoms with Crippen LogP contribution in [0.1, 0.15) is 40.4 Å². The van der Waals surface area contributed by atoms with Gasteiger partial charge in [-0.25, -0.2) is 4.39 Å². The van der Waals surface area contributed by atoms with Crippen LogP contribution in [0.5, 0.6) is 17.2 Å². The van der Waals surface area contributed by atoms with Crippen LogP contribution in [-0.4, -0.2) is 43.0 Å². The number of hydrogen-bond acceptors (Lipinski definition) is 5. The lowest BCUT2D eigenvalue weighted by Crippen LogP contribution is -2.34. The summed E-state index contributed by atoms with van der Waals surface area (Å²) in [6.45, 7) is 1.64. The number of hydrogen-bond donors (Lipinski definition) is 0. The maximum absolute atomic E-state index is 13.1. The van der Waals surface area contributed by atoms with Gasteiger partial charge in [0.05, 0.1) is 6.04 Å². The molecular formula is C27H24FNO5. The van der Waals surface area contributed by atoms with Crippen molar-refractivity contribution in [3.05, 3.63) is 89.2 Å². The van der Waals surface area contributed by atoms with E-state index in [1.54, 1.807) is 24.3 Å². The van der Waals surface area contributed by atoms with Crippen molar-refractivity contribution in [1.82, 2.24) is 4.90 Å². The number of carbonyl (C=O) groups excluding carboxylic acids is 2. The Morgan fingerprint density at radius 3 is 2.32 bits per heavy atom. The normalized spacial score (nSPS) is 16.9. The molecule has 3 aromatic carbocycles. The molecule has 174 valence electrons. The average Bonchev–Trinajstić information content (AvgIpc) is 3.37. The van der Waals surface area contributed by atoms with E-state index in [1.165, 1.54) is 24.3 Å². The van der Waals surface area contributed by atoms with Crippen molar-refractivity contribution < 1.29 is 28.2 Å². The summed E-state index contributed by atoms with van der Waals surface area (Å²) in [4.78, 5) is 27.3. The number of benzene rings is 3. The van der Waals surface area contributed by atoms with Crippen LogP contribution in [0.4, 0.5) is 4.39 Å². The third kappa shape index (κ3) is 4.59. The zero-order valence-electron chi connectivity index (χ0n) is 18.5. The van der Waals surface area contributed by atoms with Crippen LogP contribution in [0.15, 0.2) is 66.7 Å². The first-order chi connectivity index (χ1) is 16.6. The number of rotatable bonds is 6. The molecule has 1 unspecified atom stereocenters. The summed E-state index contributed by atoms with van der Waals surface area (Å²) in [6, 6.07) is 17.8. The summed E-state index contributed by atoms with van der Waals surface area (Å²) >= 11 is 0. The van der Waals surface area contributed by atoms with Crippen molar-refractivity contribution in [2.45, 2.75) is 18.9 Å². The van der Waals surface area contributed by atoms with Crippen molar-refractivity contribution in [3.8, 4) is 17.2 Å². The van der Waals surface area contributed by atoms with E-state index >= 15 is 0 Å². The molecule has 2 aliphatic heterocycles. The van der Waals surface area contributed by atoms with E-state index in [4.69, 9.17) is 14.2 Å². The smallest absolute Gasteiger partial charge is 0.261 e. The molecule has 2 aliphatic rings. The number of amides is 1. The molecule has 0 bridgehead atoms. The van der Waals surface area contributed by atoms with Crippen molar-refractivity contribution in [1.29, 1.82) is 0 Å². The first-order valence-corrected chi connectivity index (χ1v) is 11.3. The predicted molar refractivity (Wildman–Crippen MR) is 123 cm³/mol. The summed E-state index contributed by atoms with van der Waals surface area (Å²) in [7, 11) is 0. The highest BCUT2D eigenvalue weighted by molar-refractivity contribution is 6.09. The first-order valence-electron chi connectivity index (χ1n) is 11.3. The van der Waals surface area contributed by atoms with E-state index in [-0.39, 0.29) is 30.2 Å². The average molecular weight is 461 g/mol. The molecule has 3 aromatic rings. The van der Waals surface area contributed by atoms with E-state index in [0.717, 1.165) is 29.9 Å². The predicted octanol–water partition coefficient (Wildman–Crippen LogP) is 4.57. The zero-order chi connectivity index (χ0) is 23.5. The van der Waals surface area contributed by atoms with Gasteiger partial charge in [-0.2, -0.15) is 0 Å². The van der Waals surface area contributed by atoms with Gasteiger partial charge in [-0.05, 0) is 79.1 Å². The fraction of sp³-hybridized carbons (Fsp3) is 0.259. The van der Waals surface area contributed by atoms with Gasteiger partial charge in [0.1, 0.15) is 24.8 Å². The summed E-state index contributed by atoms with van der Waals surface area (Å²) < 4.78 is 30.1. The molecule has 0 radical (unpaired) electrons.